The van der Waals surface area contributed by atoms with E-state index >= 15 is 0 Å². The van der Waals surface area contributed by atoms with E-state index in [0.29, 0.717) is 18.1 Å². The minimum atomic E-state index is -0.313. The summed E-state index contributed by atoms with van der Waals surface area (Å²) in [4.78, 5) is 11.2. The fraction of sp³-hybridized carbons (Fsp3) is 0.400. The summed E-state index contributed by atoms with van der Waals surface area (Å²) in [6, 6.07) is 10.1. The minimum Gasteiger partial charge on any atom is -0.462 e. The van der Waals surface area contributed by atoms with E-state index in [1.165, 1.54) is 5.56 Å². The molecule has 0 amide bonds. The van der Waals surface area contributed by atoms with Crippen LogP contribution in [0.4, 0.5) is 0 Å². The lowest BCUT2D eigenvalue weighted by atomic mass is 9.89. The third-order valence-electron chi connectivity index (χ3n) is 3.12. The van der Waals surface area contributed by atoms with Crippen molar-refractivity contribution in [3.63, 3.8) is 0 Å². The molecule has 2 atom stereocenters. The number of carbonyl (C=O) groups excluding carboxylic acids is 1. The van der Waals surface area contributed by atoms with Crippen molar-refractivity contribution in [2.24, 2.45) is 5.92 Å². The van der Waals surface area contributed by atoms with Gasteiger partial charge in [0.2, 0.25) is 0 Å². The molecule has 0 aromatic heterocycles. The standard InChI is InChI=1S/C15H18O3/c1-11(2)15(16)17-9-8-13-10-18-14(13)12-6-4-3-5-7-12/h3-7,13-14H,1,8-10H2,2H3. The van der Waals surface area contributed by atoms with E-state index < -0.39 is 0 Å². The Kier molecular flexibility index (Phi) is 4.15. The molecule has 1 aromatic carbocycles. The third kappa shape index (κ3) is 2.99. The van der Waals surface area contributed by atoms with Crippen molar-refractivity contribution in [1.82, 2.24) is 0 Å². The summed E-state index contributed by atoms with van der Waals surface area (Å²) in [6.07, 6.45) is 0.980. The van der Waals surface area contributed by atoms with Crippen LogP contribution in [0.3, 0.4) is 0 Å². The Morgan fingerprint density at radius 3 is 2.72 bits per heavy atom. The quantitative estimate of drug-likeness (QED) is 0.592. The topological polar surface area (TPSA) is 35.5 Å². The number of ether oxygens (including phenoxy) is 2. The molecule has 1 aromatic rings. The Morgan fingerprint density at radius 2 is 2.17 bits per heavy atom. The molecule has 1 heterocycles. The molecule has 1 fully saturated rings. The van der Waals surface area contributed by atoms with Gasteiger partial charge in [-0.1, -0.05) is 36.9 Å². The molecular weight excluding hydrogens is 228 g/mol. The maximum atomic E-state index is 11.2. The van der Waals surface area contributed by atoms with E-state index in [2.05, 4.69) is 18.7 Å². The number of hydrogen-bond acceptors (Lipinski definition) is 3. The predicted molar refractivity (Wildman–Crippen MR) is 69.0 cm³/mol. The molecule has 0 N–H and O–H groups in total. The normalized spacial score (nSPS) is 22.1. The van der Waals surface area contributed by atoms with Gasteiger partial charge in [-0.3, -0.25) is 0 Å². The van der Waals surface area contributed by atoms with Gasteiger partial charge >= 0.3 is 5.97 Å². The number of benzene rings is 1. The second-order valence-electron chi connectivity index (χ2n) is 4.63. The number of esters is 1. The highest BCUT2D eigenvalue weighted by atomic mass is 16.5. The second-order valence-corrected chi connectivity index (χ2v) is 4.63. The molecule has 2 rings (SSSR count). The lowest BCUT2D eigenvalue weighted by Gasteiger charge is -2.37. The molecule has 0 spiro atoms. The Bertz CT molecular complexity index is 425. The van der Waals surface area contributed by atoms with Crippen molar-refractivity contribution >= 4 is 5.97 Å². The zero-order chi connectivity index (χ0) is 13.0. The molecule has 2 unspecified atom stereocenters. The second kappa shape index (κ2) is 5.83. The van der Waals surface area contributed by atoms with E-state index in [4.69, 9.17) is 9.47 Å². The van der Waals surface area contributed by atoms with Crippen LogP contribution in [-0.2, 0) is 14.3 Å². The molecule has 1 saturated heterocycles. The van der Waals surface area contributed by atoms with E-state index in [1.807, 2.05) is 18.2 Å². The summed E-state index contributed by atoms with van der Waals surface area (Å²) in [7, 11) is 0. The van der Waals surface area contributed by atoms with Gasteiger partial charge in [0.1, 0.15) is 0 Å². The first-order valence-corrected chi connectivity index (χ1v) is 6.17. The minimum absolute atomic E-state index is 0.148. The van der Waals surface area contributed by atoms with Crippen LogP contribution in [-0.4, -0.2) is 19.2 Å². The maximum Gasteiger partial charge on any atom is 0.333 e. The third-order valence-corrected chi connectivity index (χ3v) is 3.12. The lowest BCUT2D eigenvalue weighted by molar-refractivity contribution is -0.146. The summed E-state index contributed by atoms with van der Waals surface area (Å²) >= 11 is 0. The average Bonchev–Trinajstić information content (AvgIpc) is 2.34. The van der Waals surface area contributed by atoms with Crippen molar-refractivity contribution in [2.75, 3.05) is 13.2 Å². The molecule has 1 aliphatic heterocycles. The molecule has 3 heteroatoms. The zero-order valence-electron chi connectivity index (χ0n) is 10.6. The van der Waals surface area contributed by atoms with Gasteiger partial charge < -0.3 is 9.47 Å². The van der Waals surface area contributed by atoms with Crippen molar-refractivity contribution in [3.8, 4) is 0 Å². The summed E-state index contributed by atoms with van der Waals surface area (Å²) in [6.45, 7) is 6.38. The molecule has 1 aliphatic rings. The molecule has 0 radical (unpaired) electrons. The molecule has 0 aliphatic carbocycles. The first kappa shape index (κ1) is 12.8. The summed E-state index contributed by atoms with van der Waals surface area (Å²) in [5, 5.41) is 0. The van der Waals surface area contributed by atoms with Gasteiger partial charge in [0, 0.05) is 11.5 Å². The molecule has 0 saturated carbocycles. The Balaban J connectivity index is 1.78. The van der Waals surface area contributed by atoms with Crippen LogP contribution in [0, 0.1) is 5.92 Å². The Hall–Kier alpha value is -1.61. The summed E-state index contributed by atoms with van der Waals surface area (Å²) in [5.74, 6) is 0.122. The van der Waals surface area contributed by atoms with Crippen LogP contribution in [0.5, 0.6) is 0 Å². The largest absolute Gasteiger partial charge is 0.462 e. The summed E-state index contributed by atoms with van der Waals surface area (Å²) in [5.41, 5.74) is 1.64. The number of hydrogen-bond donors (Lipinski definition) is 0. The van der Waals surface area contributed by atoms with Crippen LogP contribution < -0.4 is 0 Å². The smallest absolute Gasteiger partial charge is 0.333 e. The van der Waals surface area contributed by atoms with Gasteiger partial charge in [-0.2, -0.15) is 0 Å². The highest BCUT2D eigenvalue weighted by Gasteiger charge is 2.33. The van der Waals surface area contributed by atoms with Crippen LogP contribution in [0.25, 0.3) is 0 Å². The van der Waals surface area contributed by atoms with Gasteiger partial charge in [0.05, 0.1) is 19.3 Å². The predicted octanol–water partition coefficient (Wildman–Crippen LogP) is 2.88. The van der Waals surface area contributed by atoms with Crippen molar-refractivity contribution in [3.05, 3.63) is 48.0 Å². The monoisotopic (exact) mass is 246 g/mol. The summed E-state index contributed by atoms with van der Waals surface area (Å²) < 4.78 is 10.7. The van der Waals surface area contributed by atoms with E-state index in [1.54, 1.807) is 6.92 Å². The highest BCUT2D eigenvalue weighted by Crippen LogP contribution is 2.37. The first-order chi connectivity index (χ1) is 8.68. The van der Waals surface area contributed by atoms with E-state index in [9.17, 15) is 4.79 Å². The first-order valence-electron chi connectivity index (χ1n) is 6.17. The van der Waals surface area contributed by atoms with E-state index in [-0.39, 0.29) is 12.1 Å². The number of rotatable bonds is 5. The van der Waals surface area contributed by atoms with Crippen molar-refractivity contribution in [2.45, 2.75) is 19.4 Å². The molecule has 0 bridgehead atoms. The van der Waals surface area contributed by atoms with Crippen LogP contribution >= 0.6 is 0 Å². The zero-order valence-corrected chi connectivity index (χ0v) is 10.6. The van der Waals surface area contributed by atoms with Crippen molar-refractivity contribution < 1.29 is 14.3 Å². The molecular formula is C15H18O3. The SMILES string of the molecule is C=C(C)C(=O)OCCC1COC1c1ccccc1. The maximum absolute atomic E-state index is 11.2. The van der Waals surface area contributed by atoms with Gasteiger partial charge in [0.15, 0.2) is 0 Å². The van der Waals surface area contributed by atoms with Crippen molar-refractivity contribution in [1.29, 1.82) is 0 Å². The highest BCUT2D eigenvalue weighted by molar-refractivity contribution is 5.86. The van der Waals surface area contributed by atoms with Gasteiger partial charge in [0.25, 0.3) is 0 Å². The molecule has 96 valence electrons. The van der Waals surface area contributed by atoms with Crippen LogP contribution in [0.2, 0.25) is 0 Å². The average molecular weight is 246 g/mol. The number of carbonyl (C=O) groups is 1. The Morgan fingerprint density at radius 1 is 1.44 bits per heavy atom. The van der Waals surface area contributed by atoms with Gasteiger partial charge in [-0.15, -0.1) is 0 Å². The Labute approximate surface area is 107 Å². The lowest BCUT2D eigenvalue weighted by Crippen LogP contribution is -2.33. The van der Waals surface area contributed by atoms with Gasteiger partial charge in [-0.25, -0.2) is 4.79 Å². The van der Waals surface area contributed by atoms with Crippen LogP contribution in [0.1, 0.15) is 25.0 Å². The molecule has 18 heavy (non-hydrogen) atoms. The molecule has 3 nitrogen and oxygen atoms in total. The fourth-order valence-corrected chi connectivity index (χ4v) is 2.00. The van der Waals surface area contributed by atoms with E-state index in [0.717, 1.165) is 13.0 Å². The fourth-order valence-electron chi connectivity index (χ4n) is 2.00. The van der Waals surface area contributed by atoms with Gasteiger partial charge in [-0.05, 0) is 18.9 Å². The van der Waals surface area contributed by atoms with Crippen LogP contribution in [0.15, 0.2) is 42.5 Å².